The van der Waals surface area contributed by atoms with Crippen molar-refractivity contribution in [1.29, 1.82) is 0 Å². The Bertz CT molecular complexity index is 247. The first-order chi connectivity index (χ1) is 8.77. The van der Waals surface area contributed by atoms with Gasteiger partial charge in [0.1, 0.15) is 0 Å². The molecule has 0 radical (unpaired) electrons. The van der Waals surface area contributed by atoms with Crippen LogP contribution < -0.4 is 5.32 Å². The normalized spacial score (nSPS) is 34.5. The molecule has 106 valence electrons. The van der Waals surface area contributed by atoms with Crippen LogP contribution in [0.25, 0.3) is 0 Å². The minimum atomic E-state index is 0.464. The van der Waals surface area contributed by atoms with Gasteiger partial charge in [0.15, 0.2) is 0 Å². The molecule has 2 aliphatic heterocycles. The molecule has 2 aliphatic rings. The van der Waals surface area contributed by atoms with E-state index < -0.39 is 0 Å². The van der Waals surface area contributed by atoms with Crippen molar-refractivity contribution in [3.63, 3.8) is 0 Å². The van der Waals surface area contributed by atoms with Crippen molar-refractivity contribution < 1.29 is 4.74 Å². The minimum absolute atomic E-state index is 0.464. The van der Waals surface area contributed by atoms with E-state index >= 15 is 0 Å². The zero-order valence-corrected chi connectivity index (χ0v) is 12.3. The first kappa shape index (κ1) is 14.3. The molecule has 0 unspecified atom stereocenters. The Morgan fingerprint density at radius 1 is 1.39 bits per heavy atom. The van der Waals surface area contributed by atoms with Gasteiger partial charge in [0.2, 0.25) is 0 Å². The van der Waals surface area contributed by atoms with Gasteiger partial charge in [0, 0.05) is 25.2 Å². The predicted molar refractivity (Wildman–Crippen MR) is 75.9 cm³/mol. The van der Waals surface area contributed by atoms with Gasteiger partial charge >= 0.3 is 0 Å². The predicted octanol–water partition coefficient (Wildman–Crippen LogP) is 2.41. The third-order valence-corrected chi connectivity index (χ3v) is 4.80. The van der Waals surface area contributed by atoms with Crippen LogP contribution in [0.5, 0.6) is 0 Å². The molecular formula is C15H30N2O. The van der Waals surface area contributed by atoms with E-state index in [4.69, 9.17) is 4.74 Å². The first-order valence-electron chi connectivity index (χ1n) is 7.79. The Hall–Kier alpha value is -0.120. The average molecular weight is 254 g/mol. The fourth-order valence-corrected chi connectivity index (χ4v) is 3.71. The lowest BCUT2D eigenvalue weighted by molar-refractivity contribution is 0.0450. The Balaban J connectivity index is 1.91. The molecule has 2 fully saturated rings. The molecule has 0 aromatic rings. The smallest absolute Gasteiger partial charge is 0.0742 e. The topological polar surface area (TPSA) is 24.5 Å². The quantitative estimate of drug-likeness (QED) is 0.737. The highest BCUT2D eigenvalue weighted by Crippen LogP contribution is 2.34. The molecule has 4 atom stereocenters. The lowest BCUT2D eigenvalue weighted by Crippen LogP contribution is -2.50. The van der Waals surface area contributed by atoms with Gasteiger partial charge in [-0.05, 0) is 45.7 Å². The minimum Gasteiger partial charge on any atom is -0.380 e. The molecule has 0 aliphatic carbocycles. The highest BCUT2D eigenvalue weighted by Gasteiger charge is 2.43. The van der Waals surface area contributed by atoms with Crippen LogP contribution in [0.3, 0.4) is 0 Å². The van der Waals surface area contributed by atoms with Crippen LogP contribution in [-0.4, -0.2) is 49.3 Å². The van der Waals surface area contributed by atoms with Crippen molar-refractivity contribution >= 4 is 0 Å². The van der Waals surface area contributed by atoms with Crippen LogP contribution in [0, 0.1) is 0 Å². The summed E-state index contributed by atoms with van der Waals surface area (Å²) in [5.74, 6) is 0. The van der Waals surface area contributed by atoms with E-state index in [1.807, 2.05) is 7.11 Å². The first-order valence-corrected chi connectivity index (χ1v) is 7.79. The van der Waals surface area contributed by atoms with Crippen molar-refractivity contribution in [2.75, 3.05) is 20.2 Å². The summed E-state index contributed by atoms with van der Waals surface area (Å²) in [6, 6.07) is 1.96. The van der Waals surface area contributed by atoms with Gasteiger partial charge in [0.25, 0.3) is 0 Å². The SMILES string of the molecule is CCCCN[C@@H](C)[C@H]1C[C@@H](OC)[C@H]2CCCCN12. The number of fused-ring (bicyclic) bond motifs is 1. The van der Waals surface area contributed by atoms with E-state index in [1.165, 1.54) is 45.1 Å². The molecule has 3 heteroatoms. The number of hydrogen-bond donors (Lipinski definition) is 1. The standard InChI is InChI=1S/C15H30N2O/c1-4-5-9-16-12(2)14-11-15(18-3)13-8-6-7-10-17(13)14/h12-16H,4-11H2,1-3H3/t12-,13+,14+,15+/m0/s1. The van der Waals surface area contributed by atoms with Crippen molar-refractivity contribution in [3.8, 4) is 0 Å². The molecule has 2 rings (SSSR count). The summed E-state index contributed by atoms with van der Waals surface area (Å²) in [5.41, 5.74) is 0. The van der Waals surface area contributed by atoms with Gasteiger partial charge in [-0.2, -0.15) is 0 Å². The average Bonchev–Trinajstić information content (AvgIpc) is 2.78. The van der Waals surface area contributed by atoms with Crippen molar-refractivity contribution in [2.45, 2.75) is 76.6 Å². The monoisotopic (exact) mass is 254 g/mol. The van der Waals surface area contributed by atoms with Crippen molar-refractivity contribution in [1.82, 2.24) is 10.2 Å². The van der Waals surface area contributed by atoms with Crippen LogP contribution in [0.15, 0.2) is 0 Å². The summed E-state index contributed by atoms with van der Waals surface area (Å²) in [4.78, 5) is 2.72. The molecular weight excluding hydrogens is 224 g/mol. The molecule has 0 spiro atoms. The second kappa shape index (κ2) is 6.88. The molecule has 0 saturated carbocycles. The molecule has 0 bridgehead atoms. The van der Waals surface area contributed by atoms with E-state index in [1.54, 1.807) is 0 Å². The number of rotatable bonds is 6. The summed E-state index contributed by atoms with van der Waals surface area (Å²) < 4.78 is 5.72. The van der Waals surface area contributed by atoms with Gasteiger partial charge < -0.3 is 10.1 Å². The summed E-state index contributed by atoms with van der Waals surface area (Å²) in [5, 5.41) is 3.71. The largest absolute Gasteiger partial charge is 0.380 e. The van der Waals surface area contributed by atoms with Gasteiger partial charge in [-0.3, -0.25) is 4.90 Å². The van der Waals surface area contributed by atoms with E-state index in [0.29, 0.717) is 24.2 Å². The molecule has 0 aromatic carbocycles. The zero-order valence-electron chi connectivity index (χ0n) is 12.3. The summed E-state index contributed by atoms with van der Waals surface area (Å²) in [7, 11) is 1.88. The summed E-state index contributed by atoms with van der Waals surface area (Å²) in [6.07, 6.45) is 8.31. The van der Waals surface area contributed by atoms with Gasteiger partial charge in [-0.1, -0.05) is 19.8 Å². The van der Waals surface area contributed by atoms with E-state index in [2.05, 4.69) is 24.1 Å². The maximum absolute atomic E-state index is 5.72. The maximum Gasteiger partial charge on any atom is 0.0742 e. The number of hydrogen-bond acceptors (Lipinski definition) is 3. The summed E-state index contributed by atoms with van der Waals surface area (Å²) >= 11 is 0. The number of unbranched alkanes of at least 4 members (excludes halogenated alkanes) is 1. The molecule has 0 amide bonds. The molecule has 2 saturated heterocycles. The van der Waals surface area contributed by atoms with Crippen LogP contribution in [0.4, 0.5) is 0 Å². The maximum atomic E-state index is 5.72. The van der Waals surface area contributed by atoms with Crippen molar-refractivity contribution in [3.05, 3.63) is 0 Å². The van der Waals surface area contributed by atoms with Gasteiger partial charge in [0.05, 0.1) is 6.10 Å². The number of ether oxygens (including phenoxy) is 1. The van der Waals surface area contributed by atoms with E-state index in [0.717, 1.165) is 6.54 Å². The van der Waals surface area contributed by atoms with Crippen LogP contribution in [0.1, 0.15) is 52.4 Å². The Morgan fingerprint density at radius 2 is 2.22 bits per heavy atom. The van der Waals surface area contributed by atoms with Crippen LogP contribution in [-0.2, 0) is 4.74 Å². The fourth-order valence-electron chi connectivity index (χ4n) is 3.71. The fraction of sp³-hybridized carbons (Fsp3) is 1.00. The van der Waals surface area contributed by atoms with Crippen LogP contribution >= 0.6 is 0 Å². The van der Waals surface area contributed by atoms with Gasteiger partial charge in [-0.15, -0.1) is 0 Å². The molecule has 1 N–H and O–H groups in total. The number of nitrogens with zero attached hydrogens (tertiary/aromatic N) is 1. The van der Waals surface area contributed by atoms with E-state index in [9.17, 15) is 0 Å². The highest BCUT2D eigenvalue weighted by atomic mass is 16.5. The molecule has 3 nitrogen and oxygen atoms in total. The van der Waals surface area contributed by atoms with Crippen LogP contribution in [0.2, 0.25) is 0 Å². The van der Waals surface area contributed by atoms with E-state index in [-0.39, 0.29) is 0 Å². The third-order valence-electron chi connectivity index (χ3n) is 4.80. The lowest BCUT2D eigenvalue weighted by atomic mass is 10.0. The van der Waals surface area contributed by atoms with Crippen molar-refractivity contribution in [2.24, 2.45) is 0 Å². The highest BCUT2D eigenvalue weighted by molar-refractivity contribution is 5.00. The van der Waals surface area contributed by atoms with Gasteiger partial charge in [-0.25, -0.2) is 0 Å². The Kier molecular flexibility index (Phi) is 5.46. The number of nitrogens with one attached hydrogen (secondary N) is 1. The Labute approximate surface area is 112 Å². The lowest BCUT2D eigenvalue weighted by Gasteiger charge is -2.37. The Morgan fingerprint density at radius 3 is 2.94 bits per heavy atom. The zero-order chi connectivity index (χ0) is 13.0. The molecule has 18 heavy (non-hydrogen) atoms. The number of methoxy groups -OCH3 is 1. The summed E-state index contributed by atoms with van der Waals surface area (Å²) in [6.45, 7) is 7.03. The third kappa shape index (κ3) is 3.06. The second-order valence-corrected chi connectivity index (χ2v) is 5.97. The number of piperidine rings is 1. The second-order valence-electron chi connectivity index (χ2n) is 5.97. The molecule has 0 aromatic heterocycles. The molecule has 2 heterocycles.